The van der Waals surface area contributed by atoms with Gasteiger partial charge in [0.05, 0.1) is 21.5 Å². The van der Waals surface area contributed by atoms with E-state index in [9.17, 15) is 5.11 Å². The van der Waals surface area contributed by atoms with Crippen LogP contribution >= 0.6 is 15.9 Å². The fourth-order valence-electron chi connectivity index (χ4n) is 3.30. The summed E-state index contributed by atoms with van der Waals surface area (Å²) in [5, 5.41) is 15.5. The number of aryl methyl sites for hydroxylation is 2. The minimum absolute atomic E-state index is 0.536. The minimum atomic E-state index is -0.536. The maximum atomic E-state index is 10.9. The Morgan fingerprint density at radius 3 is 2.45 bits per heavy atom. The Kier molecular flexibility index (Phi) is 5.30. The number of hydrogen-bond acceptors (Lipinski definition) is 2. The average Bonchev–Trinajstić information content (AvgIpc) is 2.76. The van der Waals surface area contributed by atoms with E-state index >= 15 is 0 Å². The van der Waals surface area contributed by atoms with Crippen LogP contribution in [0.15, 0.2) is 4.47 Å². The van der Waals surface area contributed by atoms with Crippen LogP contribution in [0.3, 0.4) is 0 Å². The second-order valence-corrected chi connectivity index (χ2v) is 6.92. The van der Waals surface area contributed by atoms with Crippen molar-refractivity contribution in [2.24, 2.45) is 5.92 Å². The number of halogens is 1. The summed E-state index contributed by atoms with van der Waals surface area (Å²) in [6, 6.07) is 0. The van der Waals surface area contributed by atoms with Gasteiger partial charge in [0.25, 0.3) is 0 Å². The monoisotopic (exact) mass is 342 g/mol. The van der Waals surface area contributed by atoms with Crippen molar-refractivity contribution in [1.82, 2.24) is 9.78 Å². The van der Waals surface area contributed by atoms with E-state index in [0.717, 1.165) is 61.2 Å². The molecule has 0 atom stereocenters. The number of hydrogen-bond donors (Lipinski definition) is 1. The van der Waals surface area contributed by atoms with Gasteiger partial charge in [0.1, 0.15) is 0 Å². The van der Waals surface area contributed by atoms with Crippen LogP contribution in [-0.4, -0.2) is 20.5 Å². The molecule has 0 radical (unpaired) electrons. The van der Waals surface area contributed by atoms with Gasteiger partial charge in [-0.25, -0.2) is 0 Å². The normalized spacial score (nSPS) is 26.9. The highest BCUT2D eigenvalue weighted by Crippen LogP contribution is 2.37. The summed E-state index contributed by atoms with van der Waals surface area (Å²) >= 11 is 3.69. The van der Waals surface area contributed by atoms with E-state index in [2.05, 4.69) is 41.8 Å². The number of aliphatic hydroxyl groups is 1. The molecule has 1 aromatic rings. The highest BCUT2D eigenvalue weighted by atomic mass is 79.9. The summed E-state index contributed by atoms with van der Waals surface area (Å²) in [5.41, 5.74) is 1.74. The highest BCUT2D eigenvalue weighted by Gasteiger charge is 2.34. The third-order valence-electron chi connectivity index (χ3n) is 4.80. The zero-order chi connectivity index (χ0) is 14.8. The van der Waals surface area contributed by atoms with E-state index in [-0.39, 0.29) is 0 Å². The summed E-state index contributed by atoms with van der Waals surface area (Å²) in [5.74, 6) is 0.806. The first-order valence-electron chi connectivity index (χ1n) is 7.99. The fraction of sp³-hybridized carbons (Fsp3) is 0.812. The van der Waals surface area contributed by atoms with Crippen LogP contribution in [0.5, 0.6) is 0 Å². The molecule has 2 rings (SSSR count). The van der Waals surface area contributed by atoms with Crippen molar-refractivity contribution in [3.05, 3.63) is 15.9 Å². The third-order valence-corrected chi connectivity index (χ3v) is 5.72. The lowest BCUT2D eigenvalue weighted by atomic mass is 9.76. The van der Waals surface area contributed by atoms with E-state index in [1.807, 2.05) is 4.68 Å². The molecule has 20 heavy (non-hydrogen) atoms. The van der Waals surface area contributed by atoms with Crippen LogP contribution in [0.2, 0.25) is 0 Å². The Balaban J connectivity index is 2.15. The summed E-state index contributed by atoms with van der Waals surface area (Å²) in [4.78, 5) is 0. The Bertz CT molecular complexity index is 448. The predicted molar refractivity (Wildman–Crippen MR) is 85.9 cm³/mol. The molecule has 0 amide bonds. The zero-order valence-corrected chi connectivity index (χ0v) is 14.5. The van der Waals surface area contributed by atoms with Crippen molar-refractivity contribution in [2.45, 2.75) is 77.9 Å². The summed E-state index contributed by atoms with van der Waals surface area (Å²) < 4.78 is 3.15. The van der Waals surface area contributed by atoms with Gasteiger partial charge >= 0.3 is 0 Å². The van der Waals surface area contributed by atoms with E-state index < -0.39 is 5.60 Å². The van der Waals surface area contributed by atoms with Crippen LogP contribution in [0.4, 0.5) is 0 Å². The molecule has 1 aliphatic rings. The molecule has 3 nitrogen and oxygen atoms in total. The molecule has 1 fully saturated rings. The molecule has 0 spiro atoms. The molecule has 0 bridgehead atoms. The molecule has 1 aromatic heterocycles. The molecule has 1 N–H and O–H groups in total. The molecule has 1 aliphatic carbocycles. The van der Waals surface area contributed by atoms with Gasteiger partial charge in [-0.3, -0.25) is 4.68 Å². The Labute approximate surface area is 130 Å². The fourth-order valence-corrected chi connectivity index (χ4v) is 4.00. The SMILES string of the molecule is CCc1nn(CC)c(CC2(O)CCC(CC)CC2)c1Br. The topological polar surface area (TPSA) is 38.0 Å². The largest absolute Gasteiger partial charge is 0.389 e. The Hall–Kier alpha value is -0.350. The molecular formula is C16H27BrN2O. The summed E-state index contributed by atoms with van der Waals surface area (Å²) in [7, 11) is 0. The van der Waals surface area contributed by atoms with Gasteiger partial charge in [0.15, 0.2) is 0 Å². The van der Waals surface area contributed by atoms with Crippen molar-refractivity contribution < 1.29 is 5.11 Å². The van der Waals surface area contributed by atoms with Gasteiger partial charge in [-0.1, -0.05) is 20.3 Å². The van der Waals surface area contributed by atoms with Crippen LogP contribution in [0.25, 0.3) is 0 Å². The first kappa shape index (κ1) is 16.0. The van der Waals surface area contributed by atoms with Gasteiger partial charge < -0.3 is 5.11 Å². The summed E-state index contributed by atoms with van der Waals surface area (Å²) in [6.07, 6.45) is 7.06. The lowest BCUT2D eigenvalue weighted by molar-refractivity contribution is -0.0109. The van der Waals surface area contributed by atoms with Crippen LogP contribution in [-0.2, 0) is 19.4 Å². The minimum Gasteiger partial charge on any atom is -0.389 e. The van der Waals surface area contributed by atoms with Crippen LogP contribution in [0, 0.1) is 5.92 Å². The zero-order valence-electron chi connectivity index (χ0n) is 13.0. The van der Waals surface area contributed by atoms with E-state index in [0.29, 0.717) is 0 Å². The molecule has 0 aliphatic heterocycles. The molecule has 4 heteroatoms. The van der Waals surface area contributed by atoms with Crippen LogP contribution < -0.4 is 0 Å². The van der Waals surface area contributed by atoms with Gasteiger partial charge in [-0.05, 0) is 60.9 Å². The maximum absolute atomic E-state index is 10.9. The second kappa shape index (κ2) is 6.61. The standard InChI is InChI=1S/C16H27BrN2O/c1-4-12-7-9-16(20,10-8-12)11-14-15(17)13(5-2)18-19(14)6-3/h12,20H,4-11H2,1-3H3. The van der Waals surface area contributed by atoms with Gasteiger partial charge in [0.2, 0.25) is 0 Å². The van der Waals surface area contributed by atoms with E-state index in [1.54, 1.807) is 0 Å². The Morgan fingerprint density at radius 1 is 1.30 bits per heavy atom. The van der Waals surface area contributed by atoms with Gasteiger partial charge in [-0.15, -0.1) is 0 Å². The molecule has 114 valence electrons. The van der Waals surface area contributed by atoms with Crippen molar-refractivity contribution in [1.29, 1.82) is 0 Å². The van der Waals surface area contributed by atoms with E-state index in [1.165, 1.54) is 12.1 Å². The van der Waals surface area contributed by atoms with Crippen molar-refractivity contribution in [2.75, 3.05) is 0 Å². The second-order valence-electron chi connectivity index (χ2n) is 6.13. The number of nitrogens with zero attached hydrogens (tertiary/aromatic N) is 2. The average molecular weight is 343 g/mol. The number of rotatable bonds is 5. The van der Waals surface area contributed by atoms with Crippen LogP contribution in [0.1, 0.15) is 64.3 Å². The third kappa shape index (κ3) is 3.28. The number of aromatic nitrogens is 2. The Morgan fingerprint density at radius 2 is 1.95 bits per heavy atom. The van der Waals surface area contributed by atoms with Crippen molar-refractivity contribution in [3.8, 4) is 0 Å². The predicted octanol–water partition coefficient (Wildman–Crippen LogP) is 4.10. The maximum Gasteiger partial charge on any atom is 0.0766 e. The first-order chi connectivity index (χ1) is 9.53. The lowest BCUT2D eigenvalue weighted by Crippen LogP contribution is -2.37. The van der Waals surface area contributed by atoms with E-state index in [4.69, 9.17) is 0 Å². The first-order valence-corrected chi connectivity index (χ1v) is 8.78. The highest BCUT2D eigenvalue weighted by molar-refractivity contribution is 9.10. The van der Waals surface area contributed by atoms with Crippen molar-refractivity contribution >= 4 is 15.9 Å². The van der Waals surface area contributed by atoms with Gasteiger partial charge in [-0.2, -0.15) is 5.10 Å². The summed E-state index contributed by atoms with van der Waals surface area (Å²) in [6.45, 7) is 7.35. The molecule has 1 heterocycles. The van der Waals surface area contributed by atoms with Gasteiger partial charge in [0, 0.05) is 13.0 Å². The molecular weight excluding hydrogens is 316 g/mol. The molecule has 0 unspecified atom stereocenters. The smallest absolute Gasteiger partial charge is 0.0766 e. The quantitative estimate of drug-likeness (QED) is 0.874. The molecule has 0 aromatic carbocycles. The van der Waals surface area contributed by atoms with Crippen molar-refractivity contribution in [3.63, 3.8) is 0 Å². The molecule has 1 saturated carbocycles. The molecule has 0 saturated heterocycles. The lowest BCUT2D eigenvalue weighted by Gasteiger charge is -2.36.